The highest BCUT2D eigenvalue weighted by Gasteiger charge is 2.09. The minimum absolute atomic E-state index is 0.162. The van der Waals surface area contributed by atoms with E-state index in [-0.39, 0.29) is 11.5 Å². The summed E-state index contributed by atoms with van der Waals surface area (Å²) in [6.45, 7) is 7.04. The van der Waals surface area contributed by atoms with Gasteiger partial charge < -0.3 is 14.9 Å². The highest BCUT2D eigenvalue weighted by molar-refractivity contribution is 5.94. The van der Waals surface area contributed by atoms with Crippen LogP contribution in [0, 0.1) is 13.8 Å². The SMILES string of the molecule is CCn1ccc(C(=O)NCc2ccc3[nH]c(C)c(C)c3c2)cc1=O. The Morgan fingerprint density at radius 3 is 2.71 bits per heavy atom. The maximum Gasteiger partial charge on any atom is 0.251 e. The Hall–Kier alpha value is -2.82. The number of hydrogen-bond acceptors (Lipinski definition) is 2. The lowest BCUT2D eigenvalue weighted by Gasteiger charge is -2.07. The number of carbonyl (C=O) groups is 1. The van der Waals surface area contributed by atoms with Crippen molar-refractivity contribution in [3.8, 4) is 0 Å². The van der Waals surface area contributed by atoms with E-state index >= 15 is 0 Å². The molecule has 0 bridgehead atoms. The topological polar surface area (TPSA) is 66.9 Å². The maximum atomic E-state index is 12.2. The number of aromatic nitrogens is 2. The van der Waals surface area contributed by atoms with Gasteiger partial charge in [0, 0.05) is 47.5 Å². The van der Waals surface area contributed by atoms with Crippen LogP contribution in [0.25, 0.3) is 10.9 Å². The normalized spacial score (nSPS) is 11.0. The van der Waals surface area contributed by atoms with E-state index < -0.39 is 0 Å². The van der Waals surface area contributed by atoms with E-state index in [1.54, 1.807) is 16.8 Å². The summed E-state index contributed by atoms with van der Waals surface area (Å²) in [5, 5.41) is 4.04. The molecular formula is C19H21N3O2. The Bertz CT molecular complexity index is 966. The number of nitrogens with zero attached hydrogens (tertiary/aromatic N) is 1. The summed E-state index contributed by atoms with van der Waals surface area (Å²) in [4.78, 5) is 27.4. The number of aryl methyl sites for hydroxylation is 3. The van der Waals surface area contributed by atoms with Crippen molar-refractivity contribution in [2.75, 3.05) is 0 Å². The molecule has 0 aliphatic carbocycles. The first kappa shape index (κ1) is 16.1. The number of benzene rings is 1. The lowest BCUT2D eigenvalue weighted by Crippen LogP contribution is -2.26. The maximum absolute atomic E-state index is 12.2. The van der Waals surface area contributed by atoms with Gasteiger partial charge in [-0.2, -0.15) is 0 Å². The van der Waals surface area contributed by atoms with E-state index in [9.17, 15) is 9.59 Å². The van der Waals surface area contributed by atoms with Crippen LogP contribution < -0.4 is 10.9 Å². The molecule has 2 heterocycles. The fraction of sp³-hybridized carbons (Fsp3) is 0.263. The van der Waals surface area contributed by atoms with Gasteiger partial charge in [-0.05, 0) is 50.1 Å². The molecule has 0 atom stereocenters. The number of fused-ring (bicyclic) bond motifs is 1. The third-order valence-electron chi connectivity index (χ3n) is 4.42. The fourth-order valence-electron chi connectivity index (χ4n) is 2.81. The molecule has 1 amide bonds. The lowest BCUT2D eigenvalue weighted by atomic mass is 10.1. The minimum atomic E-state index is -0.238. The van der Waals surface area contributed by atoms with E-state index in [0.717, 1.165) is 16.8 Å². The second-order valence-corrected chi connectivity index (χ2v) is 5.98. The van der Waals surface area contributed by atoms with E-state index in [1.807, 2.05) is 19.1 Å². The number of nitrogens with one attached hydrogen (secondary N) is 2. The molecule has 0 saturated heterocycles. The van der Waals surface area contributed by atoms with Gasteiger partial charge in [0.25, 0.3) is 11.5 Å². The fourth-order valence-corrected chi connectivity index (χ4v) is 2.81. The number of aromatic amines is 1. The van der Waals surface area contributed by atoms with Crippen LogP contribution in [-0.2, 0) is 13.1 Å². The average Bonchev–Trinajstić information content (AvgIpc) is 2.87. The zero-order chi connectivity index (χ0) is 17.3. The van der Waals surface area contributed by atoms with Crippen LogP contribution in [0.1, 0.15) is 34.1 Å². The summed E-state index contributed by atoms with van der Waals surface area (Å²) in [5.74, 6) is -0.238. The standard InChI is InChI=1S/C19H21N3O2/c1-4-22-8-7-15(10-18(22)23)19(24)20-11-14-5-6-17-16(9-14)12(2)13(3)21-17/h5-10,21H,4,11H2,1-3H3,(H,20,24). The molecule has 0 unspecified atom stereocenters. The predicted octanol–water partition coefficient (Wildman–Crippen LogP) is 2.90. The molecule has 5 nitrogen and oxygen atoms in total. The number of amides is 1. The second-order valence-electron chi connectivity index (χ2n) is 5.98. The molecular weight excluding hydrogens is 302 g/mol. The summed E-state index contributed by atoms with van der Waals surface area (Å²) in [7, 11) is 0. The number of carbonyl (C=O) groups excluding carboxylic acids is 1. The number of rotatable bonds is 4. The number of pyridine rings is 1. The van der Waals surface area contributed by atoms with Crippen molar-refractivity contribution < 1.29 is 4.79 Å². The molecule has 0 fully saturated rings. The molecule has 0 saturated carbocycles. The largest absolute Gasteiger partial charge is 0.358 e. The molecule has 0 spiro atoms. The lowest BCUT2D eigenvalue weighted by molar-refractivity contribution is 0.0950. The first-order valence-electron chi connectivity index (χ1n) is 8.06. The van der Waals surface area contributed by atoms with Crippen LogP contribution >= 0.6 is 0 Å². The van der Waals surface area contributed by atoms with Crippen LogP contribution in [0.3, 0.4) is 0 Å². The Kier molecular flexibility index (Phi) is 4.25. The molecule has 0 aliphatic heterocycles. The van der Waals surface area contributed by atoms with Gasteiger partial charge in [0.1, 0.15) is 0 Å². The molecule has 3 rings (SSSR count). The van der Waals surface area contributed by atoms with Crippen LogP contribution in [0.15, 0.2) is 41.3 Å². The zero-order valence-electron chi connectivity index (χ0n) is 14.1. The quantitative estimate of drug-likeness (QED) is 0.775. The van der Waals surface area contributed by atoms with Crippen molar-refractivity contribution in [1.82, 2.24) is 14.9 Å². The van der Waals surface area contributed by atoms with Crippen molar-refractivity contribution >= 4 is 16.8 Å². The molecule has 3 aromatic rings. The van der Waals surface area contributed by atoms with Crippen LogP contribution in [0.2, 0.25) is 0 Å². The molecule has 1 aromatic carbocycles. The summed E-state index contributed by atoms with van der Waals surface area (Å²) in [6, 6.07) is 9.15. The average molecular weight is 323 g/mol. The number of hydrogen-bond donors (Lipinski definition) is 2. The van der Waals surface area contributed by atoms with Gasteiger partial charge in [0.15, 0.2) is 0 Å². The van der Waals surface area contributed by atoms with Gasteiger partial charge in [0.2, 0.25) is 0 Å². The molecule has 2 N–H and O–H groups in total. The predicted molar refractivity (Wildman–Crippen MR) is 95.3 cm³/mol. The molecule has 2 aromatic heterocycles. The van der Waals surface area contributed by atoms with Crippen molar-refractivity contribution in [3.05, 3.63) is 69.3 Å². The first-order valence-corrected chi connectivity index (χ1v) is 8.06. The highest BCUT2D eigenvalue weighted by atomic mass is 16.2. The van der Waals surface area contributed by atoms with Gasteiger partial charge in [0.05, 0.1) is 0 Å². The van der Waals surface area contributed by atoms with Gasteiger partial charge >= 0.3 is 0 Å². The summed E-state index contributed by atoms with van der Waals surface area (Å²) < 4.78 is 1.56. The van der Waals surface area contributed by atoms with E-state index in [2.05, 4.69) is 30.2 Å². The molecule has 0 aliphatic rings. The van der Waals surface area contributed by atoms with Crippen molar-refractivity contribution in [1.29, 1.82) is 0 Å². The molecule has 24 heavy (non-hydrogen) atoms. The van der Waals surface area contributed by atoms with Crippen molar-refractivity contribution in [2.45, 2.75) is 33.9 Å². The molecule has 124 valence electrons. The Morgan fingerprint density at radius 1 is 1.21 bits per heavy atom. The van der Waals surface area contributed by atoms with Crippen molar-refractivity contribution in [2.24, 2.45) is 0 Å². The van der Waals surface area contributed by atoms with Crippen LogP contribution in [0.4, 0.5) is 0 Å². The van der Waals surface area contributed by atoms with Gasteiger partial charge in [-0.15, -0.1) is 0 Å². The molecule has 5 heteroatoms. The van der Waals surface area contributed by atoms with E-state index in [4.69, 9.17) is 0 Å². The van der Waals surface area contributed by atoms with E-state index in [1.165, 1.54) is 17.0 Å². The number of H-pyrrole nitrogens is 1. The summed E-state index contributed by atoms with van der Waals surface area (Å²) in [6.07, 6.45) is 1.65. The van der Waals surface area contributed by atoms with Crippen molar-refractivity contribution in [3.63, 3.8) is 0 Å². The smallest absolute Gasteiger partial charge is 0.251 e. The third-order valence-corrected chi connectivity index (χ3v) is 4.42. The monoisotopic (exact) mass is 323 g/mol. The third kappa shape index (κ3) is 2.97. The summed E-state index contributed by atoms with van der Waals surface area (Å²) >= 11 is 0. The van der Waals surface area contributed by atoms with Gasteiger partial charge in [-0.25, -0.2) is 0 Å². The first-order chi connectivity index (χ1) is 11.5. The molecule has 0 radical (unpaired) electrons. The Labute approximate surface area is 140 Å². The van der Waals surface area contributed by atoms with Crippen LogP contribution in [0.5, 0.6) is 0 Å². The van der Waals surface area contributed by atoms with Gasteiger partial charge in [-0.1, -0.05) is 6.07 Å². The zero-order valence-corrected chi connectivity index (χ0v) is 14.1. The van der Waals surface area contributed by atoms with E-state index in [0.29, 0.717) is 18.7 Å². The van der Waals surface area contributed by atoms with Gasteiger partial charge in [-0.3, -0.25) is 9.59 Å². The second kappa shape index (κ2) is 6.35. The Morgan fingerprint density at radius 2 is 2.00 bits per heavy atom. The summed E-state index contributed by atoms with van der Waals surface area (Å²) in [5.41, 5.74) is 4.73. The van der Waals surface area contributed by atoms with Crippen LogP contribution in [-0.4, -0.2) is 15.5 Å². The highest BCUT2D eigenvalue weighted by Crippen LogP contribution is 2.22. The minimum Gasteiger partial charge on any atom is -0.358 e. The Balaban J connectivity index is 1.75.